The Kier molecular flexibility index (Phi) is 5.21. The standard InChI is InChI=1S/C20H18ClN3O/c1-25-19-13-7-4-9-15(19)14-8-2-3-10-16(14)20(24-22)23-18-12-6-5-11-17(18)21/h2-13H,22H2,1H3,(H,23,24). The summed E-state index contributed by atoms with van der Waals surface area (Å²) in [7, 11) is 1.65. The number of hydrazone groups is 1. The fraction of sp³-hybridized carbons (Fsp3) is 0.0500. The zero-order valence-electron chi connectivity index (χ0n) is 13.7. The Morgan fingerprint density at radius 1 is 0.920 bits per heavy atom. The van der Waals surface area contributed by atoms with E-state index in [1.807, 2.05) is 72.8 Å². The third-order valence-electron chi connectivity index (χ3n) is 3.84. The van der Waals surface area contributed by atoms with Gasteiger partial charge in [0.25, 0.3) is 0 Å². The van der Waals surface area contributed by atoms with Crippen LogP contribution in [0.5, 0.6) is 5.75 Å². The highest BCUT2D eigenvalue weighted by molar-refractivity contribution is 6.34. The molecule has 0 aliphatic heterocycles. The maximum Gasteiger partial charge on any atom is 0.157 e. The molecule has 0 fully saturated rings. The van der Waals surface area contributed by atoms with Gasteiger partial charge in [-0.15, -0.1) is 0 Å². The molecule has 0 aliphatic carbocycles. The molecule has 0 aliphatic rings. The predicted molar refractivity (Wildman–Crippen MR) is 104 cm³/mol. The van der Waals surface area contributed by atoms with E-state index >= 15 is 0 Å². The molecule has 4 nitrogen and oxygen atoms in total. The topological polar surface area (TPSA) is 59.6 Å². The van der Waals surface area contributed by atoms with Gasteiger partial charge < -0.3 is 15.9 Å². The SMILES string of the molecule is COc1ccccc1-c1ccccc1/C(=N/N)Nc1ccccc1Cl. The number of benzene rings is 3. The van der Waals surface area contributed by atoms with Crippen LogP contribution in [0.4, 0.5) is 5.69 Å². The number of nitrogens with zero attached hydrogens (tertiary/aromatic N) is 1. The molecule has 3 aromatic rings. The summed E-state index contributed by atoms with van der Waals surface area (Å²) in [6, 6.07) is 23.1. The van der Waals surface area contributed by atoms with Gasteiger partial charge in [0.05, 0.1) is 17.8 Å². The molecular formula is C20H18ClN3O. The summed E-state index contributed by atoms with van der Waals surface area (Å²) in [6.45, 7) is 0. The molecule has 0 atom stereocenters. The number of nitrogens with two attached hydrogens (primary N) is 1. The summed E-state index contributed by atoms with van der Waals surface area (Å²) < 4.78 is 5.49. The van der Waals surface area contributed by atoms with Crippen molar-refractivity contribution in [3.05, 3.63) is 83.4 Å². The number of hydrogen-bond donors (Lipinski definition) is 2. The van der Waals surface area contributed by atoms with Crippen LogP contribution in [0.25, 0.3) is 11.1 Å². The van der Waals surface area contributed by atoms with E-state index in [4.69, 9.17) is 22.2 Å². The molecule has 3 aromatic carbocycles. The average Bonchev–Trinajstić information content (AvgIpc) is 2.67. The van der Waals surface area contributed by atoms with Gasteiger partial charge in [0.15, 0.2) is 5.84 Å². The molecule has 0 saturated heterocycles. The molecule has 0 spiro atoms. The molecule has 3 rings (SSSR count). The number of hydrogen-bond acceptors (Lipinski definition) is 3. The van der Waals surface area contributed by atoms with Crippen LogP contribution < -0.4 is 15.9 Å². The van der Waals surface area contributed by atoms with Crippen molar-refractivity contribution in [3.63, 3.8) is 0 Å². The number of ether oxygens (including phenoxy) is 1. The van der Waals surface area contributed by atoms with Crippen LogP contribution in [0.15, 0.2) is 77.9 Å². The van der Waals surface area contributed by atoms with Crippen molar-refractivity contribution in [1.82, 2.24) is 0 Å². The third kappa shape index (κ3) is 3.59. The van der Waals surface area contributed by atoms with Crippen molar-refractivity contribution in [2.45, 2.75) is 0 Å². The summed E-state index contributed by atoms with van der Waals surface area (Å²) in [5.41, 5.74) is 3.52. The van der Waals surface area contributed by atoms with Crippen molar-refractivity contribution in [2.24, 2.45) is 10.9 Å². The second-order valence-corrected chi connectivity index (χ2v) is 5.74. The second kappa shape index (κ2) is 7.73. The van der Waals surface area contributed by atoms with Gasteiger partial charge in [0.2, 0.25) is 0 Å². The molecular weight excluding hydrogens is 334 g/mol. The Morgan fingerprint density at radius 2 is 1.56 bits per heavy atom. The van der Waals surface area contributed by atoms with Crippen LogP contribution >= 0.6 is 11.6 Å². The van der Waals surface area contributed by atoms with Crippen LogP contribution in [0, 0.1) is 0 Å². The van der Waals surface area contributed by atoms with E-state index in [9.17, 15) is 0 Å². The Balaban J connectivity index is 2.07. The first-order valence-corrected chi connectivity index (χ1v) is 8.14. The van der Waals surface area contributed by atoms with Gasteiger partial charge in [-0.3, -0.25) is 0 Å². The number of halogens is 1. The molecule has 0 saturated carbocycles. The lowest BCUT2D eigenvalue weighted by atomic mass is 9.98. The summed E-state index contributed by atoms with van der Waals surface area (Å²) in [5.74, 6) is 6.98. The highest BCUT2D eigenvalue weighted by atomic mass is 35.5. The molecule has 25 heavy (non-hydrogen) atoms. The monoisotopic (exact) mass is 351 g/mol. The van der Waals surface area contributed by atoms with E-state index in [-0.39, 0.29) is 0 Å². The van der Waals surface area contributed by atoms with Gasteiger partial charge in [-0.2, -0.15) is 5.10 Å². The van der Waals surface area contributed by atoms with Crippen LogP contribution in [0.2, 0.25) is 5.02 Å². The normalized spacial score (nSPS) is 11.2. The van der Waals surface area contributed by atoms with E-state index in [2.05, 4.69) is 10.4 Å². The first-order chi connectivity index (χ1) is 12.2. The summed E-state index contributed by atoms with van der Waals surface area (Å²) in [5, 5.41) is 7.75. The fourth-order valence-corrected chi connectivity index (χ4v) is 2.83. The molecule has 0 heterocycles. The summed E-state index contributed by atoms with van der Waals surface area (Å²) >= 11 is 6.24. The average molecular weight is 352 g/mol. The first kappa shape index (κ1) is 16.9. The van der Waals surface area contributed by atoms with Crippen molar-refractivity contribution < 1.29 is 4.74 Å². The maximum atomic E-state index is 6.24. The number of amidine groups is 1. The van der Waals surface area contributed by atoms with Crippen LogP contribution in [0.1, 0.15) is 5.56 Å². The zero-order chi connectivity index (χ0) is 17.6. The van der Waals surface area contributed by atoms with E-state index in [1.54, 1.807) is 7.11 Å². The first-order valence-electron chi connectivity index (χ1n) is 7.77. The molecule has 0 aromatic heterocycles. The van der Waals surface area contributed by atoms with Gasteiger partial charge in [0, 0.05) is 11.1 Å². The number of methoxy groups -OCH3 is 1. The maximum absolute atomic E-state index is 6.24. The predicted octanol–water partition coefficient (Wildman–Crippen LogP) is 4.75. The quantitative estimate of drug-likeness (QED) is 0.308. The minimum atomic E-state index is 0.523. The van der Waals surface area contributed by atoms with Gasteiger partial charge in [-0.05, 0) is 23.8 Å². The smallest absolute Gasteiger partial charge is 0.157 e. The Morgan fingerprint density at radius 3 is 2.28 bits per heavy atom. The molecule has 126 valence electrons. The highest BCUT2D eigenvalue weighted by Gasteiger charge is 2.14. The largest absolute Gasteiger partial charge is 0.496 e. The molecule has 0 radical (unpaired) electrons. The van der Waals surface area contributed by atoms with E-state index in [1.165, 1.54) is 0 Å². The third-order valence-corrected chi connectivity index (χ3v) is 4.16. The van der Waals surface area contributed by atoms with Crippen molar-refractivity contribution in [3.8, 4) is 16.9 Å². The molecule has 3 N–H and O–H groups in total. The minimum Gasteiger partial charge on any atom is -0.496 e. The van der Waals surface area contributed by atoms with Crippen molar-refractivity contribution >= 4 is 23.1 Å². The van der Waals surface area contributed by atoms with E-state index in [0.29, 0.717) is 10.9 Å². The lowest BCUT2D eigenvalue weighted by molar-refractivity contribution is 0.416. The molecule has 5 heteroatoms. The number of rotatable bonds is 4. The van der Waals surface area contributed by atoms with Crippen LogP contribution in [0.3, 0.4) is 0 Å². The van der Waals surface area contributed by atoms with Crippen LogP contribution in [-0.4, -0.2) is 12.9 Å². The second-order valence-electron chi connectivity index (χ2n) is 5.33. The summed E-state index contributed by atoms with van der Waals surface area (Å²) in [6.07, 6.45) is 0. The Hall–Kier alpha value is -2.98. The fourth-order valence-electron chi connectivity index (χ4n) is 2.65. The molecule has 0 bridgehead atoms. The Labute approximate surface area is 151 Å². The van der Waals surface area contributed by atoms with Crippen molar-refractivity contribution in [1.29, 1.82) is 0 Å². The van der Waals surface area contributed by atoms with Crippen LogP contribution in [-0.2, 0) is 0 Å². The number of nitrogens with one attached hydrogen (secondary N) is 1. The van der Waals surface area contributed by atoms with Gasteiger partial charge >= 0.3 is 0 Å². The van der Waals surface area contributed by atoms with Gasteiger partial charge in [0.1, 0.15) is 5.75 Å². The molecule has 0 amide bonds. The minimum absolute atomic E-state index is 0.523. The Bertz CT molecular complexity index is 909. The zero-order valence-corrected chi connectivity index (χ0v) is 14.5. The highest BCUT2D eigenvalue weighted by Crippen LogP contribution is 2.33. The van der Waals surface area contributed by atoms with E-state index in [0.717, 1.165) is 28.1 Å². The molecule has 0 unspecified atom stereocenters. The van der Waals surface area contributed by atoms with Gasteiger partial charge in [-0.25, -0.2) is 0 Å². The number of anilines is 1. The number of para-hydroxylation sites is 2. The lowest BCUT2D eigenvalue weighted by Gasteiger charge is -2.16. The van der Waals surface area contributed by atoms with Crippen molar-refractivity contribution in [2.75, 3.05) is 12.4 Å². The lowest BCUT2D eigenvalue weighted by Crippen LogP contribution is -2.17. The van der Waals surface area contributed by atoms with Gasteiger partial charge in [-0.1, -0.05) is 66.2 Å². The van der Waals surface area contributed by atoms with E-state index < -0.39 is 0 Å². The summed E-state index contributed by atoms with van der Waals surface area (Å²) in [4.78, 5) is 0.